The van der Waals surface area contributed by atoms with Crippen molar-refractivity contribution in [3.8, 4) is 5.75 Å². The molecule has 4 nitrogen and oxygen atoms in total. The summed E-state index contributed by atoms with van der Waals surface area (Å²) in [6.45, 7) is 0.160. The van der Waals surface area contributed by atoms with Gasteiger partial charge in [-0.15, -0.1) is 0 Å². The molecule has 0 radical (unpaired) electrons. The van der Waals surface area contributed by atoms with E-state index in [4.69, 9.17) is 4.74 Å². The van der Waals surface area contributed by atoms with Gasteiger partial charge in [0.05, 0.1) is 13.3 Å². The van der Waals surface area contributed by atoms with Gasteiger partial charge in [0.25, 0.3) is 0 Å². The lowest BCUT2D eigenvalue weighted by atomic mass is 9.94. The van der Waals surface area contributed by atoms with Crippen LogP contribution < -0.4 is 4.74 Å². The molecule has 1 unspecified atom stereocenters. The molecule has 1 atom stereocenters. The normalized spacial score (nSPS) is 12.4. The van der Waals surface area contributed by atoms with Crippen molar-refractivity contribution in [3.63, 3.8) is 0 Å². The summed E-state index contributed by atoms with van der Waals surface area (Å²) in [6, 6.07) is 7.95. The lowest BCUT2D eigenvalue weighted by Gasteiger charge is -2.15. The van der Waals surface area contributed by atoms with E-state index in [9.17, 15) is 5.11 Å². The topological polar surface area (TPSA) is 47.3 Å². The van der Waals surface area contributed by atoms with E-state index >= 15 is 0 Å². The Morgan fingerprint density at radius 2 is 2.11 bits per heavy atom. The molecule has 0 aliphatic rings. The molecule has 1 N–H and O–H groups in total. The van der Waals surface area contributed by atoms with Crippen LogP contribution in [-0.4, -0.2) is 28.6 Å². The Balaban J connectivity index is 2.06. The van der Waals surface area contributed by atoms with Gasteiger partial charge in [0, 0.05) is 19.9 Å². The Labute approximate surface area is 113 Å². The Hall–Kier alpha value is -1.81. The zero-order valence-electron chi connectivity index (χ0n) is 11.4. The first-order valence-corrected chi connectivity index (χ1v) is 6.43. The molecule has 4 heteroatoms. The van der Waals surface area contributed by atoms with Crippen LogP contribution >= 0.6 is 0 Å². The van der Waals surface area contributed by atoms with Gasteiger partial charge in [-0.25, -0.2) is 0 Å². The molecule has 0 bridgehead atoms. The number of aliphatic hydroxyl groups is 1. The maximum atomic E-state index is 9.55. The first-order valence-electron chi connectivity index (χ1n) is 6.43. The van der Waals surface area contributed by atoms with Crippen molar-refractivity contribution >= 4 is 0 Å². The van der Waals surface area contributed by atoms with E-state index in [0.717, 1.165) is 29.7 Å². The maximum absolute atomic E-state index is 9.55. The van der Waals surface area contributed by atoms with Crippen molar-refractivity contribution in [2.75, 3.05) is 13.7 Å². The van der Waals surface area contributed by atoms with Gasteiger partial charge in [-0.05, 0) is 36.0 Å². The number of methoxy groups -OCH3 is 1. The fourth-order valence-electron chi connectivity index (χ4n) is 2.29. The fourth-order valence-corrected chi connectivity index (χ4v) is 2.29. The molecule has 0 saturated heterocycles. The molecule has 0 aliphatic heterocycles. The van der Waals surface area contributed by atoms with Crippen LogP contribution in [0.5, 0.6) is 5.75 Å². The quantitative estimate of drug-likeness (QED) is 0.862. The van der Waals surface area contributed by atoms with Gasteiger partial charge in [0.2, 0.25) is 0 Å². The summed E-state index contributed by atoms with van der Waals surface area (Å²) in [7, 11) is 3.57. The number of ether oxygens (including phenoxy) is 1. The monoisotopic (exact) mass is 260 g/mol. The van der Waals surface area contributed by atoms with Crippen LogP contribution in [0, 0.1) is 5.92 Å². The molecule has 1 aromatic carbocycles. The molecule has 1 aromatic heterocycles. The van der Waals surface area contributed by atoms with E-state index in [1.165, 1.54) is 0 Å². The summed E-state index contributed by atoms with van der Waals surface area (Å²) in [4.78, 5) is 0. The average Bonchev–Trinajstić information content (AvgIpc) is 2.84. The molecule has 0 saturated carbocycles. The highest BCUT2D eigenvalue weighted by Gasteiger charge is 2.13. The first kappa shape index (κ1) is 13.6. The molecule has 2 rings (SSSR count). The van der Waals surface area contributed by atoms with Crippen molar-refractivity contribution in [1.82, 2.24) is 9.78 Å². The summed E-state index contributed by atoms with van der Waals surface area (Å²) in [5.74, 6) is 1.06. The Bertz CT molecular complexity index is 522. The summed E-state index contributed by atoms with van der Waals surface area (Å²) in [5, 5.41) is 13.7. The fraction of sp³-hybridized carbons (Fsp3) is 0.400. The van der Waals surface area contributed by atoms with Gasteiger partial charge in [0.1, 0.15) is 5.75 Å². The van der Waals surface area contributed by atoms with Crippen molar-refractivity contribution in [3.05, 3.63) is 47.8 Å². The third-order valence-corrected chi connectivity index (χ3v) is 3.24. The third-order valence-electron chi connectivity index (χ3n) is 3.24. The van der Waals surface area contributed by atoms with Crippen LogP contribution in [0.3, 0.4) is 0 Å². The highest BCUT2D eigenvalue weighted by atomic mass is 16.5. The second kappa shape index (κ2) is 6.38. The minimum Gasteiger partial charge on any atom is -0.496 e. The number of rotatable bonds is 6. The maximum Gasteiger partial charge on any atom is 0.122 e. The smallest absolute Gasteiger partial charge is 0.122 e. The molecule has 2 aromatic rings. The molecular formula is C15H20N2O2. The van der Waals surface area contributed by atoms with Crippen LogP contribution in [0.1, 0.15) is 11.1 Å². The molecule has 0 fully saturated rings. The Morgan fingerprint density at radius 3 is 2.74 bits per heavy atom. The molecule has 0 amide bonds. The number of benzene rings is 1. The Kier molecular flexibility index (Phi) is 4.58. The molecular weight excluding hydrogens is 240 g/mol. The number of aromatic nitrogens is 2. The number of hydrogen-bond donors (Lipinski definition) is 1. The largest absolute Gasteiger partial charge is 0.496 e. The summed E-state index contributed by atoms with van der Waals surface area (Å²) in [6.07, 6.45) is 5.47. The molecule has 102 valence electrons. The predicted molar refractivity (Wildman–Crippen MR) is 74.2 cm³/mol. The van der Waals surface area contributed by atoms with Gasteiger partial charge < -0.3 is 9.84 Å². The molecule has 19 heavy (non-hydrogen) atoms. The van der Waals surface area contributed by atoms with E-state index in [1.54, 1.807) is 11.8 Å². The van der Waals surface area contributed by atoms with Gasteiger partial charge in [-0.1, -0.05) is 18.2 Å². The highest BCUT2D eigenvalue weighted by molar-refractivity contribution is 5.33. The predicted octanol–water partition coefficient (Wildman–Crippen LogP) is 1.82. The highest BCUT2D eigenvalue weighted by Crippen LogP contribution is 2.22. The number of para-hydroxylation sites is 1. The molecule has 0 spiro atoms. The zero-order chi connectivity index (χ0) is 13.7. The summed E-state index contributed by atoms with van der Waals surface area (Å²) in [5.41, 5.74) is 2.28. The van der Waals surface area contributed by atoms with E-state index < -0.39 is 0 Å². The lowest BCUT2D eigenvalue weighted by Crippen LogP contribution is -2.13. The van der Waals surface area contributed by atoms with E-state index in [2.05, 4.69) is 5.10 Å². The van der Waals surface area contributed by atoms with Gasteiger partial charge in [0.15, 0.2) is 0 Å². The third kappa shape index (κ3) is 3.58. The van der Waals surface area contributed by atoms with Crippen LogP contribution in [0.2, 0.25) is 0 Å². The minimum atomic E-state index is 0.160. The van der Waals surface area contributed by atoms with Crippen molar-refractivity contribution in [2.45, 2.75) is 12.8 Å². The molecule has 0 aliphatic carbocycles. The number of nitrogens with zero attached hydrogens (tertiary/aromatic N) is 2. The minimum absolute atomic E-state index is 0.160. The van der Waals surface area contributed by atoms with E-state index in [-0.39, 0.29) is 12.5 Å². The van der Waals surface area contributed by atoms with Crippen molar-refractivity contribution < 1.29 is 9.84 Å². The molecule has 1 heterocycles. The number of aryl methyl sites for hydroxylation is 1. The second-order valence-corrected chi connectivity index (χ2v) is 4.79. The van der Waals surface area contributed by atoms with Crippen LogP contribution in [0.25, 0.3) is 0 Å². The van der Waals surface area contributed by atoms with E-state index in [0.29, 0.717) is 0 Å². The van der Waals surface area contributed by atoms with Crippen molar-refractivity contribution in [1.29, 1.82) is 0 Å². The average molecular weight is 260 g/mol. The zero-order valence-corrected chi connectivity index (χ0v) is 11.4. The summed E-state index contributed by atoms with van der Waals surface area (Å²) >= 11 is 0. The number of aliphatic hydroxyl groups excluding tert-OH is 1. The van der Waals surface area contributed by atoms with E-state index in [1.807, 2.05) is 43.7 Å². The van der Waals surface area contributed by atoms with Gasteiger partial charge >= 0.3 is 0 Å². The Morgan fingerprint density at radius 1 is 1.32 bits per heavy atom. The lowest BCUT2D eigenvalue weighted by molar-refractivity contribution is 0.224. The summed E-state index contributed by atoms with van der Waals surface area (Å²) < 4.78 is 7.13. The standard InChI is InChI=1S/C15H20N2O2/c1-17-10-13(9-16-17)7-12(11-18)8-14-5-3-4-6-15(14)19-2/h3-6,9-10,12,18H,7-8,11H2,1-2H3. The van der Waals surface area contributed by atoms with Crippen LogP contribution in [0.4, 0.5) is 0 Å². The van der Waals surface area contributed by atoms with Crippen LogP contribution in [-0.2, 0) is 19.9 Å². The SMILES string of the molecule is COc1ccccc1CC(CO)Cc1cnn(C)c1. The van der Waals surface area contributed by atoms with Crippen molar-refractivity contribution in [2.24, 2.45) is 13.0 Å². The number of hydrogen-bond acceptors (Lipinski definition) is 3. The van der Waals surface area contributed by atoms with Crippen LogP contribution in [0.15, 0.2) is 36.7 Å². The second-order valence-electron chi connectivity index (χ2n) is 4.79. The first-order chi connectivity index (χ1) is 9.22. The van der Waals surface area contributed by atoms with Gasteiger partial charge in [-0.3, -0.25) is 4.68 Å². The van der Waals surface area contributed by atoms with Gasteiger partial charge in [-0.2, -0.15) is 5.10 Å².